The molecule has 1 aromatic rings. The molecule has 0 saturated heterocycles. The van der Waals surface area contributed by atoms with Gasteiger partial charge in [0.25, 0.3) is 0 Å². The summed E-state index contributed by atoms with van der Waals surface area (Å²) in [4.78, 5) is 11.9. The largest absolute Gasteiger partial charge is 0.354 e. The highest BCUT2D eigenvalue weighted by Crippen LogP contribution is 2.31. The minimum absolute atomic E-state index is 0.0344. The SMILES string of the molecule is CS(=O)(=O)Nc1cccc(CC(=O)NCC(N)C2CC2)c1. The molecule has 0 spiro atoms. The molecule has 6 nitrogen and oxygen atoms in total. The van der Waals surface area contributed by atoms with Crippen LogP contribution in [-0.4, -0.2) is 33.2 Å². The molecule has 0 aromatic heterocycles. The lowest BCUT2D eigenvalue weighted by Crippen LogP contribution is -2.39. The molecule has 1 unspecified atom stereocenters. The molecule has 1 saturated carbocycles. The predicted octanol–water partition coefficient (Wildman–Crippen LogP) is 0.454. The van der Waals surface area contributed by atoms with E-state index in [0.717, 1.165) is 24.7 Å². The van der Waals surface area contributed by atoms with E-state index in [9.17, 15) is 13.2 Å². The van der Waals surface area contributed by atoms with Gasteiger partial charge in [-0.3, -0.25) is 9.52 Å². The van der Waals surface area contributed by atoms with E-state index in [-0.39, 0.29) is 18.4 Å². The summed E-state index contributed by atoms with van der Waals surface area (Å²) < 4.78 is 24.7. The molecule has 2 rings (SSSR count). The molecule has 0 heterocycles. The van der Waals surface area contributed by atoms with E-state index in [2.05, 4.69) is 10.0 Å². The monoisotopic (exact) mass is 311 g/mol. The van der Waals surface area contributed by atoms with Crippen LogP contribution in [0.2, 0.25) is 0 Å². The molecule has 1 atom stereocenters. The predicted molar refractivity (Wildman–Crippen MR) is 82.3 cm³/mol. The van der Waals surface area contributed by atoms with Gasteiger partial charge in [0.1, 0.15) is 0 Å². The third-order valence-electron chi connectivity index (χ3n) is 3.36. The maximum absolute atomic E-state index is 11.9. The molecule has 7 heteroatoms. The van der Waals surface area contributed by atoms with E-state index in [1.165, 1.54) is 0 Å². The molecule has 0 bridgehead atoms. The Bertz CT molecular complexity index is 612. The summed E-state index contributed by atoms with van der Waals surface area (Å²) in [5.41, 5.74) is 7.13. The first kappa shape index (κ1) is 15.8. The number of anilines is 1. The lowest BCUT2D eigenvalue weighted by atomic mass is 10.1. The van der Waals surface area contributed by atoms with Crippen molar-refractivity contribution in [3.63, 3.8) is 0 Å². The maximum Gasteiger partial charge on any atom is 0.229 e. The minimum Gasteiger partial charge on any atom is -0.354 e. The summed E-state index contributed by atoms with van der Waals surface area (Å²) in [6.07, 6.45) is 3.59. The van der Waals surface area contributed by atoms with E-state index in [4.69, 9.17) is 5.73 Å². The van der Waals surface area contributed by atoms with Crippen molar-refractivity contribution in [1.29, 1.82) is 0 Å². The fourth-order valence-corrected chi connectivity index (χ4v) is 2.68. The van der Waals surface area contributed by atoms with Crippen LogP contribution >= 0.6 is 0 Å². The average Bonchev–Trinajstić information content (AvgIpc) is 3.18. The molecule has 4 N–H and O–H groups in total. The van der Waals surface area contributed by atoms with Crippen LogP contribution in [0.3, 0.4) is 0 Å². The lowest BCUT2D eigenvalue weighted by molar-refractivity contribution is -0.120. The molecular weight excluding hydrogens is 290 g/mol. The van der Waals surface area contributed by atoms with Gasteiger partial charge in [-0.15, -0.1) is 0 Å². The topological polar surface area (TPSA) is 101 Å². The van der Waals surface area contributed by atoms with E-state index in [1.54, 1.807) is 24.3 Å². The van der Waals surface area contributed by atoms with Crippen molar-refractivity contribution < 1.29 is 13.2 Å². The Morgan fingerprint density at radius 1 is 1.43 bits per heavy atom. The Hall–Kier alpha value is -1.60. The van der Waals surface area contributed by atoms with Gasteiger partial charge in [0.05, 0.1) is 12.7 Å². The number of rotatable bonds is 7. The van der Waals surface area contributed by atoms with Crippen LogP contribution in [0.15, 0.2) is 24.3 Å². The number of hydrogen-bond acceptors (Lipinski definition) is 4. The van der Waals surface area contributed by atoms with Crippen molar-refractivity contribution in [3.8, 4) is 0 Å². The number of nitrogens with one attached hydrogen (secondary N) is 2. The second-order valence-corrected chi connectivity index (χ2v) is 7.31. The van der Waals surface area contributed by atoms with E-state index in [1.807, 2.05) is 0 Å². The molecule has 1 aromatic carbocycles. The Morgan fingerprint density at radius 2 is 2.14 bits per heavy atom. The van der Waals surface area contributed by atoms with Gasteiger partial charge in [-0.2, -0.15) is 0 Å². The molecule has 1 aliphatic carbocycles. The van der Waals surface area contributed by atoms with Crippen LogP contribution in [0.5, 0.6) is 0 Å². The van der Waals surface area contributed by atoms with E-state index in [0.29, 0.717) is 18.2 Å². The summed E-state index contributed by atoms with van der Waals surface area (Å²) in [5.74, 6) is 0.440. The molecular formula is C14H21N3O3S. The molecule has 1 fully saturated rings. The summed E-state index contributed by atoms with van der Waals surface area (Å²) in [6.45, 7) is 0.491. The highest BCUT2D eigenvalue weighted by atomic mass is 32.2. The molecule has 0 aliphatic heterocycles. The summed E-state index contributed by atoms with van der Waals surface area (Å²) in [6, 6.07) is 6.83. The van der Waals surface area contributed by atoms with E-state index >= 15 is 0 Å². The number of nitrogens with two attached hydrogens (primary N) is 1. The van der Waals surface area contributed by atoms with Gasteiger partial charge in [-0.05, 0) is 36.5 Å². The number of hydrogen-bond donors (Lipinski definition) is 3. The standard InChI is InChI=1S/C14H21N3O3S/c1-21(19,20)17-12-4-2-3-10(7-12)8-14(18)16-9-13(15)11-5-6-11/h2-4,7,11,13,17H,5-6,8-9,15H2,1H3,(H,16,18). The molecule has 1 amide bonds. The highest BCUT2D eigenvalue weighted by Gasteiger charge is 2.28. The van der Waals surface area contributed by atoms with Crippen LogP contribution < -0.4 is 15.8 Å². The first-order valence-electron chi connectivity index (χ1n) is 6.92. The van der Waals surface area contributed by atoms with Crippen LogP contribution in [0, 0.1) is 5.92 Å². The zero-order valence-corrected chi connectivity index (χ0v) is 12.8. The summed E-state index contributed by atoms with van der Waals surface area (Å²) >= 11 is 0. The van der Waals surface area contributed by atoms with Crippen LogP contribution in [-0.2, 0) is 21.2 Å². The van der Waals surface area contributed by atoms with Gasteiger partial charge in [0.2, 0.25) is 15.9 Å². The Morgan fingerprint density at radius 3 is 2.76 bits per heavy atom. The van der Waals surface area contributed by atoms with Crippen molar-refractivity contribution >= 4 is 21.6 Å². The summed E-state index contributed by atoms with van der Waals surface area (Å²) in [5, 5.41) is 2.82. The van der Waals surface area contributed by atoms with Crippen molar-refractivity contribution in [2.24, 2.45) is 11.7 Å². The van der Waals surface area contributed by atoms with Gasteiger partial charge in [-0.25, -0.2) is 8.42 Å². The number of amides is 1. The molecule has 1 aliphatic rings. The second-order valence-electron chi connectivity index (χ2n) is 5.56. The van der Waals surface area contributed by atoms with Gasteiger partial charge >= 0.3 is 0 Å². The number of carbonyl (C=O) groups excluding carboxylic acids is 1. The minimum atomic E-state index is -3.31. The zero-order valence-electron chi connectivity index (χ0n) is 12.0. The first-order valence-corrected chi connectivity index (χ1v) is 8.81. The fraction of sp³-hybridized carbons (Fsp3) is 0.500. The smallest absolute Gasteiger partial charge is 0.229 e. The number of carbonyl (C=O) groups is 1. The van der Waals surface area contributed by atoms with Crippen molar-refractivity contribution in [1.82, 2.24) is 5.32 Å². The van der Waals surface area contributed by atoms with Gasteiger partial charge < -0.3 is 11.1 Å². The lowest BCUT2D eigenvalue weighted by Gasteiger charge is -2.12. The Kier molecular flexibility index (Phi) is 4.84. The molecule has 116 valence electrons. The van der Waals surface area contributed by atoms with Gasteiger partial charge in [0.15, 0.2) is 0 Å². The first-order chi connectivity index (χ1) is 9.83. The average molecular weight is 311 g/mol. The Balaban J connectivity index is 1.86. The van der Waals surface area contributed by atoms with Crippen LogP contribution in [0.1, 0.15) is 18.4 Å². The maximum atomic E-state index is 11.9. The third kappa shape index (κ3) is 5.73. The van der Waals surface area contributed by atoms with Gasteiger partial charge in [0, 0.05) is 18.3 Å². The molecule has 21 heavy (non-hydrogen) atoms. The summed E-state index contributed by atoms with van der Waals surface area (Å²) in [7, 11) is -3.31. The van der Waals surface area contributed by atoms with Crippen LogP contribution in [0.25, 0.3) is 0 Å². The molecule has 0 radical (unpaired) electrons. The number of benzene rings is 1. The quantitative estimate of drug-likeness (QED) is 0.680. The van der Waals surface area contributed by atoms with E-state index < -0.39 is 10.0 Å². The van der Waals surface area contributed by atoms with Crippen LogP contribution in [0.4, 0.5) is 5.69 Å². The van der Waals surface area contributed by atoms with Gasteiger partial charge in [-0.1, -0.05) is 12.1 Å². The van der Waals surface area contributed by atoms with Crippen molar-refractivity contribution in [2.45, 2.75) is 25.3 Å². The fourth-order valence-electron chi connectivity index (χ4n) is 2.13. The third-order valence-corrected chi connectivity index (χ3v) is 3.96. The Labute approximate surface area is 125 Å². The van der Waals surface area contributed by atoms with Crippen molar-refractivity contribution in [3.05, 3.63) is 29.8 Å². The number of sulfonamides is 1. The normalized spacial score (nSPS) is 16.3. The second kappa shape index (κ2) is 6.44. The highest BCUT2D eigenvalue weighted by molar-refractivity contribution is 7.92. The van der Waals surface area contributed by atoms with Crippen molar-refractivity contribution in [2.75, 3.05) is 17.5 Å². The zero-order chi connectivity index (χ0) is 15.5.